The van der Waals surface area contributed by atoms with Gasteiger partial charge in [0.1, 0.15) is 5.82 Å². The molecule has 0 aromatic rings. The molecule has 1 fully saturated rings. The maximum absolute atomic E-state index is 12.6. The molecule has 0 aromatic carbocycles. The highest BCUT2D eigenvalue weighted by Crippen LogP contribution is 2.21. The van der Waals surface area contributed by atoms with Gasteiger partial charge in [0.15, 0.2) is 0 Å². The Labute approximate surface area is 64.8 Å². The Kier molecular flexibility index (Phi) is 1.34. The van der Waals surface area contributed by atoms with E-state index in [0.29, 0.717) is 6.42 Å². The molecule has 2 rings (SSSR count). The Morgan fingerprint density at radius 3 is 3.18 bits per heavy atom. The first-order chi connectivity index (χ1) is 5.27. The predicted octanol–water partition coefficient (Wildman–Crippen LogP) is 0.762. The maximum Gasteiger partial charge on any atom is 0.211 e. The van der Waals surface area contributed by atoms with Gasteiger partial charge in [-0.25, -0.2) is 5.01 Å². The van der Waals surface area contributed by atoms with Gasteiger partial charge in [0.25, 0.3) is 0 Å². The smallest absolute Gasteiger partial charge is 0.211 e. The van der Waals surface area contributed by atoms with Crippen molar-refractivity contribution in [3.8, 4) is 0 Å². The molecule has 0 atom stereocenters. The predicted molar refractivity (Wildman–Crippen MR) is 40.6 cm³/mol. The summed E-state index contributed by atoms with van der Waals surface area (Å²) in [4.78, 5) is 2.08. The van der Waals surface area contributed by atoms with Gasteiger partial charge in [0.05, 0.1) is 6.54 Å². The number of allylic oxidation sites excluding steroid dienone is 1. The van der Waals surface area contributed by atoms with Crippen molar-refractivity contribution < 1.29 is 4.39 Å². The Bertz CT molecular complexity index is 234. The van der Waals surface area contributed by atoms with E-state index in [1.807, 2.05) is 13.1 Å². The monoisotopic (exact) mass is 155 g/mol. The number of hydrogen-bond donors (Lipinski definition) is 0. The van der Waals surface area contributed by atoms with Crippen molar-refractivity contribution in [2.75, 3.05) is 20.1 Å². The summed E-state index contributed by atoms with van der Waals surface area (Å²) in [7, 11) is 1.99. The van der Waals surface area contributed by atoms with Gasteiger partial charge in [-0.15, -0.1) is 5.10 Å². The average Bonchev–Trinajstić information content (AvgIpc) is 2.32. The number of likely N-dealkylation sites (N-methyl/N-ethyl adjacent to an activating group) is 1. The molecule has 0 aliphatic carbocycles. The van der Waals surface area contributed by atoms with Crippen LogP contribution in [0.15, 0.2) is 17.0 Å². The zero-order valence-corrected chi connectivity index (χ0v) is 6.42. The molecule has 11 heavy (non-hydrogen) atoms. The summed E-state index contributed by atoms with van der Waals surface area (Å²) >= 11 is 0. The summed E-state index contributed by atoms with van der Waals surface area (Å²) in [5, 5.41) is 5.48. The summed E-state index contributed by atoms with van der Waals surface area (Å²) < 4.78 is 12.6. The zero-order valence-electron chi connectivity index (χ0n) is 6.42. The normalized spacial score (nSPS) is 23.1. The molecule has 4 heteroatoms. The summed E-state index contributed by atoms with van der Waals surface area (Å²) in [6.07, 6.45) is 2.21. The first-order valence-electron chi connectivity index (χ1n) is 3.69. The van der Waals surface area contributed by atoms with Gasteiger partial charge in [-0.1, -0.05) is 0 Å². The highest BCUT2D eigenvalue weighted by atomic mass is 19.1. The van der Waals surface area contributed by atoms with Crippen molar-refractivity contribution in [1.82, 2.24) is 9.91 Å². The number of hydrogen-bond acceptors (Lipinski definition) is 3. The Morgan fingerprint density at radius 1 is 1.55 bits per heavy atom. The van der Waals surface area contributed by atoms with Crippen LogP contribution < -0.4 is 0 Å². The van der Waals surface area contributed by atoms with E-state index in [2.05, 4.69) is 10.0 Å². The van der Waals surface area contributed by atoms with E-state index >= 15 is 0 Å². The lowest BCUT2D eigenvalue weighted by Crippen LogP contribution is -2.20. The first-order valence-corrected chi connectivity index (χ1v) is 3.69. The first kappa shape index (κ1) is 6.64. The summed E-state index contributed by atoms with van der Waals surface area (Å²) in [6.45, 7) is 1.73. The number of nitrogens with zero attached hydrogens (tertiary/aromatic N) is 3. The van der Waals surface area contributed by atoms with Crippen molar-refractivity contribution in [1.29, 1.82) is 0 Å². The minimum Gasteiger partial charge on any atom is -0.358 e. The Morgan fingerprint density at radius 2 is 2.36 bits per heavy atom. The van der Waals surface area contributed by atoms with Gasteiger partial charge in [-0.3, -0.25) is 0 Å². The zero-order chi connectivity index (χ0) is 7.84. The third-order valence-electron chi connectivity index (χ3n) is 1.99. The highest BCUT2D eigenvalue weighted by molar-refractivity contribution is 5.77. The van der Waals surface area contributed by atoms with Gasteiger partial charge < -0.3 is 4.90 Å². The Balaban J connectivity index is 2.23. The second-order valence-corrected chi connectivity index (χ2v) is 2.79. The molecule has 60 valence electrons. The van der Waals surface area contributed by atoms with E-state index < -0.39 is 0 Å². The van der Waals surface area contributed by atoms with Crippen LogP contribution in [-0.4, -0.2) is 36.0 Å². The van der Waals surface area contributed by atoms with Gasteiger partial charge >= 0.3 is 0 Å². The van der Waals surface area contributed by atoms with E-state index in [0.717, 1.165) is 18.9 Å². The molecule has 2 aliphatic heterocycles. The quantitative estimate of drug-likeness (QED) is 0.514. The van der Waals surface area contributed by atoms with E-state index in [1.165, 1.54) is 0 Å². The molecule has 0 unspecified atom stereocenters. The molecule has 2 aliphatic rings. The molecular formula is C7H10FN3. The fourth-order valence-corrected chi connectivity index (χ4v) is 1.38. The van der Waals surface area contributed by atoms with Crippen LogP contribution >= 0.6 is 0 Å². The van der Waals surface area contributed by atoms with Gasteiger partial charge in [0.2, 0.25) is 5.97 Å². The second kappa shape index (κ2) is 2.22. The third kappa shape index (κ3) is 0.982. The summed E-state index contributed by atoms with van der Waals surface area (Å²) in [6, 6.07) is 0. The lowest BCUT2D eigenvalue weighted by Gasteiger charge is -2.20. The van der Waals surface area contributed by atoms with E-state index in [9.17, 15) is 4.39 Å². The average molecular weight is 155 g/mol. The highest BCUT2D eigenvalue weighted by Gasteiger charge is 2.24. The molecule has 3 nitrogen and oxygen atoms in total. The molecule has 1 saturated heterocycles. The number of hydrazone groups is 1. The van der Waals surface area contributed by atoms with Gasteiger partial charge in [0, 0.05) is 20.0 Å². The van der Waals surface area contributed by atoms with Crippen LogP contribution in [-0.2, 0) is 0 Å². The molecule has 0 radical (unpaired) electrons. The molecule has 0 saturated carbocycles. The van der Waals surface area contributed by atoms with Crippen LogP contribution in [0.4, 0.5) is 4.39 Å². The van der Waals surface area contributed by atoms with Crippen molar-refractivity contribution in [2.45, 2.75) is 6.42 Å². The van der Waals surface area contributed by atoms with Crippen molar-refractivity contribution in [3.63, 3.8) is 0 Å². The van der Waals surface area contributed by atoms with Crippen molar-refractivity contribution >= 4 is 5.97 Å². The van der Waals surface area contributed by atoms with Gasteiger partial charge in [-0.2, -0.15) is 4.39 Å². The third-order valence-corrected chi connectivity index (χ3v) is 1.99. The van der Waals surface area contributed by atoms with Crippen molar-refractivity contribution in [3.05, 3.63) is 11.9 Å². The minimum atomic E-state index is -0.288. The molecule has 0 N–H and O–H groups in total. The standard InChI is InChI=1S/C7H10FN3/c1-10-4-5-11-7(10)3-2-6(8)9-11/h3H,2,4-5H2,1H3. The van der Waals surface area contributed by atoms with Crippen LogP contribution in [0, 0.1) is 0 Å². The molecule has 0 aromatic heterocycles. The molecule has 0 spiro atoms. The fraction of sp³-hybridized carbons (Fsp3) is 0.571. The number of halogens is 1. The van der Waals surface area contributed by atoms with Crippen LogP contribution in [0.3, 0.4) is 0 Å². The lowest BCUT2D eigenvalue weighted by molar-refractivity contribution is 0.367. The van der Waals surface area contributed by atoms with Crippen LogP contribution in [0.2, 0.25) is 0 Å². The molecule has 0 amide bonds. The second-order valence-electron chi connectivity index (χ2n) is 2.79. The molecule has 0 bridgehead atoms. The maximum atomic E-state index is 12.6. The largest absolute Gasteiger partial charge is 0.358 e. The lowest BCUT2D eigenvalue weighted by atomic mass is 10.4. The Hall–Kier alpha value is -1.06. The number of rotatable bonds is 0. The van der Waals surface area contributed by atoms with Crippen LogP contribution in [0.1, 0.15) is 6.42 Å². The topological polar surface area (TPSA) is 18.8 Å². The SMILES string of the molecule is CN1CCN2N=C(F)CC=C12. The summed E-state index contributed by atoms with van der Waals surface area (Å²) in [5.41, 5.74) is 0. The van der Waals surface area contributed by atoms with Crippen molar-refractivity contribution in [2.24, 2.45) is 5.10 Å². The van der Waals surface area contributed by atoms with Gasteiger partial charge in [-0.05, 0) is 6.08 Å². The van der Waals surface area contributed by atoms with E-state index in [1.54, 1.807) is 5.01 Å². The fourth-order valence-electron chi connectivity index (χ4n) is 1.38. The van der Waals surface area contributed by atoms with E-state index in [-0.39, 0.29) is 5.97 Å². The van der Waals surface area contributed by atoms with E-state index in [4.69, 9.17) is 0 Å². The van der Waals surface area contributed by atoms with Crippen LogP contribution in [0.5, 0.6) is 0 Å². The molecular weight excluding hydrogens is 145 g/mol. The number of fused-ring (bicyclic) bond motifs is 1. The molecule has 2 heterocycles. The minimum absolute atomic E-state index is 0.288. The van der Waals surface area contributed by atoms with Crippen LogP contribution in [0.25, 0.3) is 0 Å². The summed E-state index contributed by atoms with van der Waals surface area (Å²) in [5.74, 6) is 0.746.